The highest BCUT2D eigenvalue weighted by atomic mass is 79.9. The van der Waals surface area contributed by atoms with Crippen molar-refractivity contribution in [3.05, 3.63) is 59.3 Å². The van der Waals surface area contributed by atoms with E-state index in [1.54, 1.807) is 6.07 Å². The van der Waals surface area contributed by atoms with Gasteiger partial charge in [0.05, 0.1) is 19.1 Å². The fourth-order valence-corrected chi connectivity index (χ4v) is 3.84. The number of aliphatic hydroxyl groups excluding tert-OH is 3. The zero-order chi connectivity index (χ0) is 22.9. The van der Waals surface area contributed by atoms with Crippen LogP contribution in [0.15, 0.2) is 63.0 Å². The number of anilines is 1. The number of aliphatic hydroxyl groups is 3. The molecular weight excluding hydrogens is 496 g/mol. The van der Waals surface area contributed by atoms with Crippen LogP contribution in [-0.2, 0) is 4.74 Å². The lowest BCUT2D eigenvalue weighted by atomic mass is 10.1. The van der Waals surface area contributed by atoms with Gasteiger partial charge < -0.3 is 24.5 Å². The van der Waals surface area contributed by atoms with E-state index in [1.165, 1.54) is 23.4 Å². The monoisotopic (exact) mass is 514 g/mol. The quantitative estimate of drug-likeness (QED) is 0.223. The van der Waals surface area contributed by atoms with Crippen LogP contribution >= 0.6 is 15.9 Å². The van der Waals surface area contributed by atoms with Gasteiger partial charge in [0.2, 0.25) is 0 Å². The molecule has 1 fully saturated rings. The van der Waals surface area contributed by atoms with E-state index in [2.05, 4.69) is 41.4 Å². The standard InChI is InChI=1S/C21H19BrN6O5/c22-12-3-1-11(2-4-12)14-6-5-13(32-14)7-26-27-19-16-20(24-9-23-19)28(10-25-16)21-18(31)17(30)15(8-29)33-21/h1-7,9-10,15,17-18,21,29-31H,8H2,(H,23,24,27)/b26-7+/t15-,17-,18-,21-/m1/s1. The van der Waals surface area contributed by atoms with Gasteiger partial charge in [0.25, 0.3) is 0 Å². The van der Waals surface area contributed by atoms with Crippen LogP contribution in [0.1, 0.15) is 12.0 Å². The summed E-state index contributed by atoms with van der Waals surface area (Å²) in [5.41, 5.74) is 4.52. The number of fused-ring (bicyclic) bond motifs is 1. The van der Waals surface area contributed by atoms with Crippen molar-refractivity contribution in [3.8, 4) is 11.3 Å². The van der Waals surface area contributed by atoms with Crippen LogP contribution in [0.4, 0.5) is 5.82 Å². The summed E-state index contributed by atoms with van der Waals surface area (Å²) in [4.78, 5) is 12.7. The summed E-state index contributed by atoms with van der Waals surface area (Å²) in [5, 5.41) is 33.8. The molecule has 5 rings (SSSR count). The Hall–Kier alpha value is -3.16. The van der Waals surface area contributed by atoms with Gasteiger partial charge >= 0.3 is 0 Å². The maximum absolute atomic E-state index is 10.3. The van der Waals surface area contributed by atoms with Gasteiger partial charge in [-0.25, -0.2) is 15.0 Å². The molecule has 0 aliphatic carbocycles. The largest absolute Gasteiger partial charge is 0.455 e. The second kappa shape index (κ2) is 9.00. The first-order chi connectivity index (χ1) is 16.0. The van der Waals surface area contributed by atoms with E-state index in [-0.39, 0.29) is 0 Å². The molecule has 3 aromatic heterocycles. The van der Waals surface area contributed by atoms with E-state index in [4.69, 9.17) is 9.15 Å². The van der Waals surface area contributed by atoms with Crippen LogP contribution in [-0.4, -0.2) is 66.0 Å². The minimum atomic E-state index is -1.25. The van der Waals surface area contributed by atoms with Gasteiger partial charge in [-0.15, -0.1) is 0 Å². The summed E-state index contributed by atoms with van der Waals surface area (Å²) in [7, 11) is 0. The Bertz CT molecular complexity index is 1290. The molecule has 0 radical (unpaired) electrons. The molecule has 0 unspecified atom stereocenters. The Balaban J connectivity index is 1.33. The van der Waals surface area contributed by atoms with Gasteiger partial charge in [-0.2, -0.15) is 5.10 Å². The minimum Gasteiger partial charge on any atom is -0.455 e. The highest BCUT2D eigenvalue weighted by molar-refractivity contribution is 9.10. The normalized spacial score (nSPS) is 23.0. The highest BCUT2D eigenvalue weighted by Crippen LogP contribution is 2.32. The lowest BCUT2D eigenvalue weighted by Gasteiger charge is -2.16. The van der Waals surface area contributed by atoms with E-state index >= 15 is 0 Å². The molecule has 4 N–H and O–H groups in total. The maximum Gasteiger partial charge on any atom is 0.177 e. The van der Waals surface area contributed by atoms with E-state index < -0.39 is 31.1 Å². The lowest BCUT2D eigenvalue weighted by molar-refractivity contribution is -0.0511. The van der Waals surface area contributed by atoms with Gasteiger partial charge in [-0.05, 0) is 24.3 Å². The Morgan fingerprint density at radius 1 is 1.09 bits per heavy atom. The van der Waals surface area contributed by atoms with Crippen molar-refractivity contribution in [3.63, 3.8) is 0 Å². The number of imidazole rings is 1. The van der Waals surface area contributed by atoms with Gasteiger partial charge in [-0.1, -0.05) is 28.1 Å². The molecule has 170 valence electrons. The number of benzene rings is 1. The third-order valence-electron chi connectivity index (χ3n) is 5.27. The maximum atomic E-state index is 10.3. The topological polar surface area (TPSA) is 151 Å². The second-order valence-corrected chi connectivity index (χ2v) is 8.27. The Morgan fingerprint density at radius 2 is 1.91 bits per heavy atom. The molecule has 1 aliphatic heterocycles. The molecule has 0 saturated carbocycles. The minimum absolute atomic E-state index is 0.335. The van der Waals surface area contributed by atoms with E-state index in [9.17, 15) is 15.3 Å². The summed E-state index contributed by atoms with van der Waals surface area (Å²) in [6.45, 7) is -0.422. The molecule has 1 aliphatic rings. The predicted molar refractivity (Wildman–Crippen MR) is 121 cm³/mol. The van der Waals surface area contributed by atoms with Crippen molar-refractivity contribution >= 4 is 39.1 Å². The van der Waals surface area contributed by atoms with Crippen molar-refractivity contribution in [1.29, 1.82) is 0 Å². The van der Waals surface area contributed by atoms with Crippen LogP contribution < -0.4 is 5.43 Å². The van der Waals surface area contributed by atoms with Gasteiger partial charge in [0.1, 0.15) is 36.2 Å². The first-order valence-corrected chi connectivity index (χ1v) is 10.8. The summed E-state index contributed by atoms with van der Waals surface area (Å²) < 4.78 is 13.8. The van der Waals surface area contributed by atoms with Crippen LogP contribution in [0.25, 0.3) is 22.5 Å². The SMILES string of the molecule is OC[C@H]1O[C@@H](n2cnc3c(N/N=C/c4ccc(-c5ccc(Br)cc5)o4)ncnc32)[C@H](O)[C@@H]1O. The van der Waals surface area contributed by atoms with Crippen molar-refractivity contribution in [2.45, 2.75) is 24.5 Å². The molecule has 1 aromatic carbocycles. The molecule has 12 heteroatoms. The van der Waals surface area contributed by atoms with Crippen molar-refractivity contribution in [2.24, 2.45) is 5.10 Å². The summed E-state index contributed by atoms with van der Waals surface area (Å²) in [6, 6.07) is 11.4. The van der Waals surface area contributed by atoms with Crippen LogP contribution in [0.5, 0.6) is 0 Å². The zero-order valence-corrected chi connectivity index (χ0v) is 18.6. The van der Waals surface area contributed by atoms with Crippen LogP contribution in [0, 0.1) is 0 Å². The number of nitrogens with one attached hydrogen (secondary N) is 1. The van der Waals surface area contributed by atoms with Crippen LogP contribution in [0.3, 0.4) is 0 Å². The highest BCUT2D eigenvalue weighted by Gasteiger charge is 2.44. The fraction of sp³-hybridized carbons (Fsp3) is 0.238. The number of ether oxygens (including phenoxy) is 1. The molecule has 4 heterocycles. The molecule has 4 atom stereocenters. The Labute approximate surface area is 195 Å². The number of aromatic nitrogens is 4. The average Bonchev–Trinajstić information content (AvgIpc) is 3.53. The molecule has 4 aromatic rings. The number of hydrogen-bond acceptors (Lipinski definition) is 10. The average molecular weight is 515 g/mol. The number of hydrogen-bond donors (Lipinski definition) is 4. The third kappa shape index (κ3) is 4.14. The zero-order valence-electron chi connectivity index (χ0n) is 17.0. The molecule has 0 amide bonds. The molecule has 1 saturated heterocycles. The molecular formula is C21H19BrN6O5. The lowest BCUT2D eigenvalue weighted by Crippen LogP contribution is -2.33. The van der Waals surface area contributed by atoms with Crippen molar-refractivity contribution in [1.82, 2.24) is 19.5 Å². The number of rotatable bonds is 6. The number of furan rings is 1. The fourth-order valence-electron chi connectivity index (χ4n) is 3.58. The Kier molecular flexibility index (Phi) is 5.91. The number of hydrazone groups is 1. The van der Waals surface area contributed by atoms with E-state index in [0.29, 0.717) is 28.5 Å². The first-order valence-electron chi connectivity index (χ1n) is 10.00. The number of halogens is 1. The second-order valence-electron chi connectivity index (χ2n) is 7.35. The van der Waals surface area contributed by atoms with Gasteiger partial charge in [0.15, 0.2) is 23.2 Å². The van der Waals surface area contributed by atoms with Crippen LogP contribution in [0.2, 0.25) is 0 Å². The summed E-state index contributed by atoms with van der Waals surface area (Å²) >= 11 is 3.41. The van der Waals surface area contributed by atoms with E-state index in [1.807, 2.05) is 30.3 Å². The third-order valence-corrected chi connectivity index (χ3v) is 5.80. The molecule has 11 nitrogen and oxygen atoms in total. The van der Waals surface area contributed by atoms with Gasteiger partial charge in [0, 0.05) is 10.0 Å². The molecule has 0 spiro atoms. The summed E-state index contributed by atoms with van der Waals surface area (Å²) in [5.74, 6) is 1.59. The van der Waals surface area contributed by atoms with Gasteiger partial charge in [-0.3, -0.25) is 9.99 Å². The molecule has 33 heavy (non-hydrogen) atoms. The Morgan fingerprint density at radius 3 is 2.67 bits per heavy atom. The van der Waals surface area contributed by atoms with Crippen molar-refractivity contribution < 1.29 is 24.5 Å². The van der Waals surface area contributed by atoms with E-state index in [0.717, 1.165) is 10.0 Å². The number of nitrogens with zero attached hydrogens (tertiary/aromatic N) is 5. The smallest absolute Gasteiger partial charge is 0.177 e. The van der Waals surface area contributed by atoms with Crippen molar-refractivity contribution in [2.75, 3.05) is 12.0 Å². The first kappa shape index (κ1) is 21.7. The molecule has 0 bridgehead atoms. The summed E-state index contributed by atoms with van der Waals surface area (Å²) in [6.07, 6.45) is -0.0705. The predicted octanol–water partition coefficient (Wildman–Crippen LogP) is 1.91.